The minimum atomic E-state index is 0.0162. The van der Waals surface area contributed by atoms with E-state index in [2.05, 4.69) is 16.4 Å². The first-order chi connectivity index (χ1) is 7.68. The summed E-state index contributed by atoms with van der Waals surface area (Å²) in [6.45, 7) is 4.56. The molecule has 2 rings (SSSR count). The van der Waals surface area contributed by atoms with Crippen molar-refractivity contribution in [2.75, 3.05) is 6.54 Å². The number of rotatable bonds is 4. The Bertz CT molecular complexity index is 387. The number of hydrogen-bond acceptors (Lipinski definition) is 3. The number of fused-ring (bicyclic) bond motifs is 1. The van der Waals surface area contributed by atoms with Crippen molar-refractivity contribution < 1.29 is 4.79 Å². The van der Waals surface area contributed by atoms with E-state index in [1.807, 2.05) is 19.9 Å². The smallest absolute Gasteiger partial charge is 0.155 e. The van der Waals surface area contributed by atoms with Gasteiger partial charge in [0.1, 0.15) is 0 Å². The van der Waals surface area contributed by atoms with Crippen molar-refractivity contribution in [2.45, 2.75) is 38.6 Å². The molecule has 1 aromatic heterocycles. The summed E-state index contributed by atoms with van der Waals surface area (Å²) in [7, 11) is 0. The lowest BCUT2D eigenvalue weighted by Gasteiger charge is -2.12. The molecule has 0 saturated heterocycles. The molecule has 0 aliphatic heterocycles. The van der Waals surface area contributed by atoms with Gasteiger partial charge in [-0.3, -0.25) is 9.78 Å². The molecule has 0 aromatic carbocycles. The molecule has 1 heterocycles. The zero-order valence-corrected chi connectivity index (χ0v) is 9.86. The fourth-order valence-corrected chi connectivity index (χ4v) is 2.15. The first-order valence-corrected chi connectivity index (χ1v) is 5.88. The van der Waals surface area contributed by atoms with Gasteiger partial charge in [-0.25, -0.2) is 0 Å². The van der Waals surface area contributed by atoms with Crippen molar-refractivity contribution in [3.05, 3.63) is 29.6 Å². The Hall–Kier alpha value is -1.22. The molecule has 16 heavy (non-hydrogen) atoms. The molecule has 1 atom stereocenters. The average molecular weight is 218 g/mol. The van der Waals surface area contributed by atoms with Gasteiger partial charge in [-0.1, -0.05) is 19.9 Å². The lowest BCUT2D eigenvalue weighted by molar-refractivity contribution is -0.119. The Morgan fingerprint density at radius 3 is 3.19 bits per heavy atom. The van der Waals surface area contributed by atoms with Gasteiger partial charge in [0.25, 0.3) is 0 Å². The molecule has 0 radical (unpaired) electrons. The number of ketones is 1. The third-order valence-electron chi connectivity index (χ3n) is 3.03. The molecule has 1 aliphatic carbocycles. The van der Waals surface area contributed by atoms with E-state index in [0.717, 1.165) is 18.5 Å². The van der Waals surface area contributed by atoms with Gasteiger partial charge in [-0.05, 0) is 24.5 Å². The number of nitrogens with one attached hydrogen (secondary N) is 1. The molecule has 1 N–H and O–H groups in total. The Morgan fingerprint density at radius 1 is 1.62 bits per heavy atom. The molecule has 3 nitrogen and oxygen atoms in total. The maximum absolute atomic E-state index is 12.0. The van der Waals surface area contributed by atoms with E-state index < -0.39 is 0 Å². The highest BCUT2D eigenvalue weighted by Gasteiger charge is 2.29. The van der Waals surface area contributed by atoms with Crippen LogP contribution in [-0.4, -0.2) is 23.4 Å². The van der Waals surface area contributed by atoms with Gasteiger partial charge >= 0.3 is 0 Å². The number of carbonyl (C=O) groups is 1. The summed E-state index contributed by atoms with van der Waals surface area (Å²) in [5, 5.41) is 3.18. The van der Waals surface area contributed by atoms with E-state index in [1.165, 1.54) is 5.56 Å². The quantitative estimate of drug-likeness (QED) is 0.836. The Kier molecular flexibility index (Phi) is 3.34. The van der Waals surface area contributed by atoms with Crippen molar-refractivity contribution >= 4 is 5.78 Å². The van der Waals surface area contributed by atoms with Crippen molar-refractivity contribution in [1.82, 2.24) is 10.3 Å². The van der Waals surface area contributed by atoms with Crippen LogP contribution in [0.2, 0.25) is 0 Å². The standard InChI is InChI=1S/C13H18N2O/c1-9(2)15-8-12(16)11-6-5-10-4-3-7-14-13(10)11/h3-4,7,9,11,15H,5-6,8H2,1-2H3. The van der Waals surface area contributed by atoms with Crippen LogP contribution in [0.4, 0.5) is 0 Å². The fourth-order valence-electron chi connectivity index (χ4n) is 2.15. The highest BCUT2D eigenvalue weighted by atomic mass is 16.1. The third-order valence-corrected chi connectivity index (χ3v) is 3.03. The van der Waals surface area contributed by atoms with Gasteiger partial charge in [0.05, 0.1) is 18.2 Å². The van der Waals surface area contributed by atoms with E-state index in [9.17, 15) is 4.79 Å². The summed E-state index contributed by atoms with van der Waals surface area (Å²) in [4.78, 5) is 16.4. The second kappa shape index (κ2) is 4.74. The maximum atomic E-state index is 12.0. The third kappa shape index (κ3) is 2.30. The summed E-state index contributed by atoms with van der Waals surface area (Å²) in [6, 6.07) is 4.37. The van der Waals surface area contributed by atoms with Crippen LogP contribution in [0, 0.1) is 0 Å². The van der Waals surface area contributed by atoms with E-state index in [4.69, 9.17) is 0 Å². The molecular formula is C13H18N2O. The van der Waals surface area contributed by atoms with Crippen LogP contribution in [0.3, 0.4) is 0 Å². The predicted molar refractivity (Wildman–Crippen MR) is 63.4 cm³/mol. The normalized spacial score (nSPS) is 18.8. The van der Waals surface area contributed by atoms with Crippen molar-refractivity contribution in [1.29, 1.82) is 0 Å². The van der Waals surface area contributed by atoms with Gasteiger partial charge in [-0.15, -0.1) is 0 Å². The second-order valence-corrected chi connectivity index (χ2v) is 4.64. The zero-order valence-electron chi connectivity index (χ0n) is 9.86. The van der Waals surface area contributed by atoms with E-state index in [1.54, 1.807) is 6.20 Å². The van der Waals surface area contributed by atoms with Crippen LogP contribution in [0.1, 0.15) is 37.4 Å². The molecule has 1 unspecified atom stereocenters. The van der Waals surface area contributed by atoms with Crippen molar-refractivity contribution in [3.8, 4) is 0 Å². The monoisotopic (exact) mass is 218 g/mol. The van der Waals surface area contributed by atoms with E-state index >= 15 is 0 Å². The van der Waals surface area contributed by atoms with Gasteiger partial charge in [0.2, 0.25) is 0 Å². The largest absolute Gasteiger partial charge is 0.308 e. The lowest BCUT2D eigenvalue weighted by atomic mass is 10.0. The first kappa shape index (κ1) is 11.3. The predicted octanol–water partition coefficient (Wildman–Crippen LogP) is 1.68. The van der Waals surface area contributed by atoms with E-state index in [-0.39, 0.29) is 11.7 Å². The Morgan fingerprint density at radius 2 is 2.44 bits per heavy atom. The highest BCUT2D eigenvalue weighted by molar-refractivity contribution is 5.88. The molecule has 0 amide bonds. The Labute approximate surface area is 96.3 Å². The van der Waals surface area contributed by atoms with Crippen LogP contribution in [0.15, 0.2) is 18.3 Å². The number of carbonyl (C=O) groups excluding carboxylic acids is 1. The summed E-state index contributed by atoms with van der Waals surface area (Å²) in [5.74, 6) is 0.286. The van der Waals surface area contributed by atoms with Crippen LogP contribution < -0.4 is 5.32 Å². The topological polar surface area (TPSA) is 42.0 Å². The fraction of sp³-hybridized carbons (Fsp3) is 0.538. The van der Waals surface area contributed by atoms with Gasteiger partial charge < -0.3 is 5.32 Å². The van der Waals surface area contributed by atoms with Gasteiger partial charge in [0, 0.05) is 12.2 Å². The molecule has 0 spiro atoms. The van der Waals surface area contributed by atoms with Crippen LogP contribution in [-0.2, 0) is 11.2 Å². The number of aromatic nitrogens is 1. The maximum Gasteiger partial charge on any atom is 0.155 e. The molecule has 0 saturated carbocycles. The number of Topliss-reactive ketones (excluding diaryl/α,β-unsaturated/α-hetero) is 1. The number of hydrogen-bond donors (Lipinski definition) is 1. The second-order valence-electron chi connectivity index (χ2n) is 4.64. The zero-order chi connectivity index (χ0) is 11.5. The summed E-state index contributed by atoms with van der Waals surface area (Å²) in [5.41, 5.74) is 2.24. The van der Waals surface area contributed by atoms with Gasteiger partial charge in [0.15, 0.2) is 5.78 Å². The van der Waals surface area contributed by atoms with Crippen LogP contribution >= 0.6 is 0 Å². The minimum Gasteiger partial charge on any atom is -0.308 e. The molecule has 3 heteroatoms. The summed E-state index contributed by atoms with van der Waals surface area (Å²) in [6.07, 6.45) is 3.69. The molecular weight excluding hydrogens is 200 g/mol. The summed E-state index contributed by atoms with van der Waals surface area (Å²) < 4.78 is 0. The SMILES string of the molecule is CC(C)NCC(=O)C1CCc2cccnc21. The van der Waals surface area contributed by atoms with Crippen molar-refractivity contribution in [2.24, 2.45) is 0 Å². The van der Waals surface area contributed by atoms with E-state index in [0.29, 0.717) is 12.6 Å². The van der Waals surface area contributed by atoms with Crippen LogP contribution in [0.25, 0.3) is 0 Å². The van der Waals surface area contributed by atoms with Crippen LogP contribution in [0.5, 0.6) is 0 Å². The minimum absolute atomic E-state index is 0.0162. The first-order valence-electron chi connectivity index (χ1n) is 5.88. The number of nitrogens with zero attached hydrogens (tertiary/aromatic N) is 1. The number of aryl methyl sites for hydroxylation is 1. The molecule has 1 aromatic rings. The highest BCUT2D eigenvalue weighted by Crippen LogP contribution is 2.31. The van der Waals surface area contributed by atoms with Gasteiger partial charge in [-0.2, -0.15) is 0 Å². The molecule has 0 bridgehead atoms. The summed E-state index contributed by atoms with van der Waals surface area (Å²) >= 11 is 0. The average Bonchev–Trinajstić information content (AvgIpc) is 2.69. The molecule has 86 valence electrons. The molecule has 0 fully saturated rings. The lowest BCUT2D eigenvalue weighted by Crippen LogP contribution is -2.31. The van der Waals surface area contributed by atoms with Crippen molar-refractivity contribution in [3.63, 3.8) is 0 Å². The Balaban J connectivity index is 2.04. The molecule has 1 aliphatic rings. The number of pyridine rings is 1.